The van der Waals surface area contributed by atoms with Crippen molar-refractivity contribution in [2.24, 2.45) is 0 Å². The molecule has 0 aliphatic carbocycles. The second kappa shape index (κ2) is 5.19. The van der Waals surface area contributed by atoms with Gasteiger partial charge in [-0.25, -0.2) is 4.98 Å². The van der Waals surface area contributed by atoms with E-state index in [0.717, 1.165) is 42.3 Å². The molecule has 1 aliphatic rings. The van der Waals surface area contributed by atoms with E-state index in [1.807, 2.05) is 18.2 Å². The Morgan fingerprint density at radius 1 is 1.32 bits per heavy atom. The predicted octanol–water partition coefficient (Wildman–Crippen LogP) is 0.712. The zero-order chi connectivity index (χ0) is 13.1. The Hall–Kier alpha value is -2.21. The first-order valence-electron chi connectivity index (χ1n) is 6.32. The molecule has 0 fully saturated rings. The highest BCUT2D eigenvalue weighted by Crippen LogP contribution is 2.21. The van der Waals surface area contributed by atoms with Gasteiger partial charge in [-0.2, -0.15) is 4.98 Å². The first-order valence-corrected chi connectivity index (χ1v) is 6.32. The van der Waals surface area contributed by atoms with Crippen molar-refractivity contribution in [3.63, 3.8) is 0 Å². The Balaban J connectivity index is 1.82. The quantitative estimate of drug-likeness (QED) is 0.749. The van der Waals surface area contributed by atoms with Gasteiger partial charge in [-0.05, 0) is 12.1 Å². The number of hydrogen-bond donors (Lipinski definition) is 3. The van der Waals surface area contributed by atoms with Crippen LogP contribution < -0.4 is 16.4 Å². The number of rotatable bonds is 3. The highest BCUT2D eigenvalue weighted by Gasteiger charge is 2.16. The van der Waals surface area contributed by atoms with Crippen molar-refractivity contribution >= 4 is 11.8 Å². The van der Waals surface area contributed by atoms with E-state index in [0.29, 0.717) is 12.5 Å². The molecule has 0 bridgehead atoms. The van der Waals surface area contributed by atoms with Crippen molar-refractivity contribution in [1.29, 1.82) is 0 Å². The monoisotopic (exact) mass is 256 g/mol. The van der Waals surface area contributed by atoms with Gasteiger partial charge in [-0.3, -0.25) is 4.98 Å². The molecule has 0 radical (unpaired) electrons. The lowest BCUT2D eigenvalue weighted by Crippen LogP contribution is -2.27. The fourth-order valence-electron chi connectivity index (χ4n) is 2.19. The van der Waals surface area contributed by atoms with Gasteiger partial charge in [-0.1, -0.05) is 6.07 Å². The minimum absolute atomic E-state index is 0.323. The predicted molar refractivity (Wildman–Crippen MR) is 73.4 cm³/mol. The van der Waals surface area contributed by atoms with E-state index in [2.05, 4.69) is 25.6 Å². The van der Waals surface area contributed by atoms with Crippen LogP contribution in [0, 0.1) is 0 Å². The van der Waals surface area contributed by atoms with Gasteiger partial charge in [-0.15, -0.1) is 0 Å². The van der Waals surface area contributed by atoms with Gasteiger partial charge in [0.1, 0.15) is 5.82 Å². The summed E-state index contributed by atoms with van der Waals surface area (Å²) in [5, 5.41) is 6.62. The van der Waals surface area contributed by atoms with Gasteiger partial charge in [0.2, 0.25) is 5.95 Å². The minimum atomic E-state index is 0.323. The molecule has 19 heavy (non-hydrogen) atoms. The molecule has 0 aromatic carbocycles. The Morgan fingerprint density at radius 2 is 2.26 bits per heavy atom. The molecule has 0 unspecified atom stereocenters. The molecule has 2 aromatic rings. The molecule has 3 heterocycles. The van der Waals surface area contributed by atoms with Crippen LogP contribution in [-0.4, -0.2) is 21.5 Å². The van der Waals surface area contributed by atoms with Crippen molar-refractivity contribution < 1.29 is 0 Å². The van der Waals surface area contributed by atoms with Gasteiger partial charge < -0.3 is 16.4 Å². The summed E-state index contributed by atoms with van der Waals surface area (Å²) in [5.41, 5.74) is 8.87. The van der Waals surface area contributed by atoms with Crippen molar-refractivity contribution in [3.8, 4) is 0 Å². The fourth-order valence-corrected chi connectivity index (χ4v) is 2.19. The molecule has 98 valence electrons. The Bertz CT molecular complexity index is 569. The maximum atomic E-state index is 5.75. The first kappa shape index (κ1) is 11.9. The van der Waals surface area contributed by atoms with Crippen LogP contribution in [0.25, 0.3) is 0 Å². The lowest BCUT2D eigenvalue weighted by molar-refractivity contribution is 0.628. The summed E-state index contributed by atoms with van der Waals surface area (Å²) in [4.78, 5) is 12.9. The molecule has 0 saturated heterocycles. The van der Waals surface area contributed by atoms with Crippen LogP contribution in [0.1, 0.15) is 17.0 Å². The number of nitrogens with one attached hydrogen (secondary N) is 2. The normalized spacial score (nSPS) is 13.9. The van der Waals surface area contributed by atoms with E-state index in [-0.39, 0.29) is 0 Å². The van der Waals surface area contributed by atoms with E-state index < -0.39 is 0 Å². The zero-order valence-electron chi connectivity index (χ0n) is 10.6. The summed E-state index contributed by atoms with van der Waals surface area (Å²) in [6.45, 7) is 2.34. The third-order valence-corrected chi connectivity index (χ3v) is 3.11. The van der Waals surface area contributed by atoms with Crippen LogP contribution in [0.15, 0.2) is 24.4 Å². The van der Waals surface area contributed by atoms with E-state index in [1.54, 1.807) is 6.20 Å². The maximum absolute atomic E-state index is 5.75. The topological polar surface area (TPSA) is 88.8 Å². The summed E-state index contributed by atoms with van der Waals surface area (Å²) in [6.07, 6.45) is 2.67. The molecular formula is C13H16N6. The van der Waals surface area contributed by atoms with Crippen LogP contribution in [0.3, 0.4) is 0 Å². The summed E-state index contributed by atoms with van der Waals surface area (Å²) in [6, 6.07) is 5.84. The lowest BCUT2D eigenvalue weighted by atomic mass is 10.1. The van der Waals surface area contributed by atoms with Crippen LogP contribution in [-0.2, 0) is 19.5 Å². The van der Waals surface area contributed by atoms with Crippen molar-refractivity contribution in [2.45, 2.75) is 19.5 Å². The van der Waals surface area contributed by atoms with Crippen LogP contribution in [0.5, 0.6) is 0 Å². The molecule has 1 aliphatic heterocycles. The van der Waals surface area contributed by atoms with E-state index in [1.165, 1.54) is 0 Å². The Morgan fingerprint density at radius 3 is 3.11 bits per heavy atom. The standard InChI is InChI=1S/C13H16N6/c14-13-18-11-4-6-15-8-10(11)12(19-13)17-7-9-3-1-2-5-16-9/h1-3,5,15H,4,6-8H2,(H3,14,17,18,19). The zero-order valence-corrected chi connectivity index (χ0v) is 10.6. The van der Waals surface area contributed by atoms with Gasteiger partial charge in [0.15, 0.2) is 0 Å². The molecule has 0 atom stereocenters. The maximum Gasteiger partial charge on any atom is 0.222 e. The molecule has 6 heteroatoms. The largest absolute Gasteiger partial charge is 0.368 e. The number of aromatic nitrogens is 3. The Kier molecular flexibility index (Phi) is 3.24. The average molecular weight is 256 g/mol. The number of nitrogens with two attached hydrogens (primary N) is 1. The summed E-state index contributed by atoms with van der Waals surface area (Å²) < 4.78 is 0. The number of anilines is 2. The SMILES string of the molecule is Nc1nc2c(c(NCc3ccccn3)n1)CNCC2. The van der Waals surface area contributed by atoms with Crippen LogP contribution in [0.2, 0.25) is 0 Å². The lowest BCUT2D eigenvalue weighted by Gasteiger charge is -2.19. The second-order valence-corrected chi connectivity index (χ2v) is 4.46. The molecule has 0 saturated carbocycles. The van der Waals surface area contributed by atoms with Gasteiger partial charge >= 0.3 is 0 Å². The molecular weight excluding hydrogens is 240 g/mol. The number of pyridine rings is 1. The van der Waals surface area contributed by atoms with Gasteiger partial charge in [0.05, 0.1) is 17.9 Å². The number of fused-ring (bicyclic) bond motifs is 1. The highest BCUT2D eigenvalue weighted by molar-refractivity contribution is 5.50. The van der Waals surface area contributed by atoms with Gasteiger partial charge in [0.25, 0.3) is 0 Å². The van der Waals surface area contributed by atoms with E-state index in [4.69, 9.17) is 5.73 Å². The first-order chi connectivity index (χ1) is 9.33. The van der Waals surface area contributed by atoms with Crippen LogP contribution >= 0.6 is 0 Å². The molecule has 3 rings (SSSR count). The van der Waals surface area contributed by atoms with Crippen molar-refractivity contribution in [1.82, 2.24) is 20.3 Å². The van der Waals surface area contributed by atoms with E-state index >= 15 is 0 Å². The van der Waals surface area contributed by atoms with Gasteiger partial charge in [0, 0.05) is 31.3 Å². The summed E-state index contributed by atoms with van der Waals surface area (Å²) >= 11 is 0. The average Bonchev–Trinajstić information content (AvgIpc) is 2.45. The second-order valence-electron chi connectivity index (χ2n) is 4.46. The summed E-state index contributed by atoms with van der Waals surface area (Å²) in [5.74, 6) is 1.13. The molecule has 4 N–H and O–H groups in total. The van der Waals surface area contributed by atoms with Crippen molar-refractivity contribution in [3.05, 3.63) is 41.3 Å². The molecule has 0 spiro atoms. The number of nitrogens with zero attached hydrogens (tertiary/aromatic N) is 3. The number of hydrogen-bond acceptors (Lipinski definition) is 6. The highest BCUT2D eigenvalue weighted by atomic mass is 15.1. The smallest absolute Gasteiger partial charge is 0.222 e. The number of nitrogen functional groups attached to an aromatic ring is 1. The fraction of sp³-hybridized carbons (Fsp3) is 0.308. The van der Waals surface area contributed by atoms with Crippen LogP contribution in [0.4, 0.5) is 11.8 Å². The third kappa shape index (κ3) is 2.63. The molecule has 2 aromatic heterocycles. The molecule has 6 nitrogen and oxygen atoms in total. The minimum Gasteiger partial charge on any atom is -0.368 e. The third-order valence-electron chi connectivity index (χ3n) is 3.11. The summed E-state index contributed by atoms with van der Waals surface area (Å²) in [7, 11) is 0. The van der Waals surface area contributed by atoms with E-state index in [9.17, 15) is 0 Å². The van der Waals surface area contributed by atoms with Crippen molar-refractivity contribution in [2.75, 3.05) is 17.6 Å². The molecule has 0 amide bonds. The Labute approximate surface area is 111 Å².